The van der Waals surface area contributed by atoms with Crippen molar-refractivity contribution in [2.45, 2.75) is 26.6 Å². The minimum absolute atomic E-state index is 0.0806. The zero-order valence-electron chi connectivity index (χ0n) is 20.3. The van der Waals surface area contributed by atoms with E-state index < -0.39 is 23.6 Å². The Morgan fingerprint density at radius 3 is 2.53 bits per heavy atom. The van der Waals surface area contributed by atoms with Crippen LogP contribution < -0.4 is 10.9 Å². The molecule has 0 spiro atoms. The molecule has 0 aliphatic heterocycles. The van der Waals surface area contributed by atoms with E-state index in [0.29, 0.717) is 27.9 Å². The smallest absolute Gasteiger partial charge is 0.416 e. The Morgan fingerprint density at radius 1 is 1.13 bits per heavy atom. The molecule has 1 amide bonds. The molecule has 38 heavy (non-hydrogen) atoms. The number of carbonyl (C=O) groups excluding carboxylic acids is 2. The summed E-state index contributed by atoms with van der Waals surface area (Å²) in [6.07, 6.45) is -3.15. The first-order chi connectivity index (χ1) is 18.1. The van der Waals surface area contributed by atoms with E-state index in [1.165, 1.54) is 48.7 Å². The van der Waals surface area contributed by atoms with Gasteiger partial charge in [0.1, 0.15) is 5.56 Å². The van der Waals surface area contributed by atoms with Gasteiger partial charge in [0.2, 0.25) is 5.55 Å². The summed E-state index contributed by atoms with van der Waals surface area (Å²) in [5.41, 5.74) is 0.514. The van der Waals surface area contributed by atoms with Crippen molar-refractivity contribution in [3.8, 4) is 0 Å². The van der Waals surface area contributed by atoms with Crippen LogP contribution in [0.2, 0.25) is 0 Å². The topological polar surface area (TPSA) is 114 Å². The van der Waals surface area contributed by atoms with E-state index in [-0.39, 0.29) is 35.6 Å². The molecule has 11 heteroatoms. The van der Waals surface area contributed by atoms with Crippen LogP contribution in [0.4, 0.5) is 24.5 Å². The zero-order valence-corrected chi connectivity index (χ0v) is 20.3. The number of ether oxygens (including phenoxy) is 1. The summed E-state index contributed by atoms with van der Waals surface area (Å²) < 4.78 is 50.4. The maximum absolute atomic E-state index is 13.3. The number of aromatic nitrogens is 1. The Bertz CT molecular complexity index is 1580. The van der Waals surface area contributed by atoms with Crippen molar-refractivity contribution < 1.29 is 37.0 Å². The van der Waals surface area contributed by atoms with Crippen molar-refractivity contribution in [2.75, 3.05) is 11.9 Å². The van der Waals surface area contributed by atoms with E-state index in [0.717, 1.165) is 12.1 Å². The maximum atomic E-state index is 13.3. The van der Waals surface area contributed by atoms with Gasteiger partial charge in [-0.1, -0.05) is 6.07 Å². The van der Waals surface area contributed by atoms with Crippen molar-refractivity contribution in [1.82, 2.24) is 4.98 Å². The van der Waals surface area contributed by atoms with Gasteiger partial charge >= 0.3 is 12.1 Å². The van der Waals surface area contributed by atoms with Crippen LogP contribution >= 0.6 is 0 Å². The Labute approximate surface area is 214 Å². The predicted molar refractivity (Wildman–Crippen MR) is 132 cm³/mol. The lowest BCUT2D eigenvalue weighted by atomic mass is 10.1. The number of benzene rings is 2. The third kappa shape index (κ3) is 5.73. The Hall–Kier alpha value is -4.51. The summed E-state index contributed by atoms with van der Waals surface area (Å²) in [5.74, 6) is -1.29. The fraction of sp³-hybridized carbons (Fsp3) is 0.185. The molecular formula is C27H22F3N3O5. The Kier molecular flexibility index (Phi) is 7.58. The molecule has 4 aromatic rings. The van der Waals surface area contributed by atoms with Crippen molar-refractivity contribution in [1.29, 1.82) is 0 Å². The molecule has 8 nitrogen and oxygen atoms in total. The summed E-state index contributed by atoms with van der Waals surface area (Å²) in [7, 11) is 0. The molecule has 4 rings (SSSR count). The lowest BCUT2D eigenvalue weighted by Crippen LogP contribution is -2.22. The highest BCUT2D eigenvalue weighted by atomic mass is 19.4. The maximum Gasteiger partial charge on any atom is 0.416 e. The number of alkyl halides is 3. The average molecular weight is 525 g/mol. The van der Waals surface area contributed by atoms with Crippen LogP contribution in [0.15, 0.2) is 70.2 Å². The number of anilines is 1. The molecule has 0 saturated carbocycles. The number of aliphatic hydroxyl groups excluding tert-OH is 1. The van der Waals surface area contributed by atoms with Crippen LogP contribution in [-0.2, 0) is 17.5 Å². The molecule has 0 saturated heterocycles. The Balaban J connectivity index is 1.83. The van der Waals surface area contributed by atoms with Gasteiger partial charge in [0, 0.05) is 22.8 Å². The number of nitrogens with zero attached hydrogens (tertiary/aromatic N) is 2. The third-order valence-corrected chi connectivity index (χ3v) is 5.52. The molecule has 2 N–H and O–H groups in total. The van der Waals surface area contributed by atoms with Gasteiger partial charge in [-0.05, 0) is 62.4 Å². The SMILES string of the molecule is CCOC(=O)c1ccc(N=c2oc3c(C)ncc(CO)c3cc2C(=O)Nc2cccc(C(F)(F)F)c2)cc1. The lowest BCUT2D eigenvalue weighted by Gasteiger charge is -2.11. The number of nitrogens with one attached hydrogen (secondary N) is 1. The van der Waals surface area contributed by atoms with E-state index in [1.54, 1.807) is 13.8 Å². The number of rotatable bonds is 6. The monoisotopic (exact) mass is 525 g/mol. The molecule has 196 valence electrons. The van der Waals surface area contributed by atoms with Crippen LogP contribution in [0.3, 0.4) is 0 Å². The third-order valence-electron chi connectivity index (χ3n) is 5.52. The quantitative estimate of drug-likeness (QED) is 0.330. The van der Waals surface area contributed by atoms with E-state index in [2.05, 4.69) is 15.3 Å². The van der Waals surface area contributed by atoms with Crippen LogP contribution in [0.5, 0.6) is 0 Å². The predicted octanol–water partition coefficient (Wildman–Crippen LogP) is 5.31. The van der Waals surface area contributed by atoms with Gasteiger partial charge in [-0.25, -0.2) is 9.79 Å². The fourth-order valence-corrected chi connectivity index (χ4v) is 3.64. The van der Waals surface area contributed by atoms with Gasteiger partial charge in [-0.3, -0.25) is 9.78 Å². The van der Waals surface area contributed by atoms with Crippen molar-refractivity contribution in [3.63, 3.8) is 0 Å². The number of halogens is 3. The van der Waals surface area contributed by atoms with Crippen molar-refractivity contribution in [2.24, 2.45) is 4.99 Å². The van der Waals surface area contributed by atoms with Crippen LogP contribution in [-0.4, -0.2) is 28.6 Å². The standard InChI is InChI=1S/C27H22F3N3O5/c1-3-37-26(36)16-7-9-19(10-8-16)33-25-22(12-21-17(14-34)13-31-15(2)23(21)38-25)24(35)32-20-6-4-5-18(11-20)27(28,29)30/h4-13,34H,3,14H2,1-2H3,(H,32,35). The second-order valence-electron chi connectivity index (χ2n) is 8.15. The average Bonchev–Trinajstić information content (AvgIpc) is 2.89. The summed E-state index contributed by atoms with van der Waals surface area (Å²) in [6.45, 7) is 3.19. The molecular weight excluding hydrogens is 503 g/mol. The van der Waals surface area contributed by atoms with E-state index in [9.17, 15) is 27.9 Å². The highest BCUT2D eigenvalue weighted by Crippen LogP contribution is 2.31. The molecule has 0 bridgehead atoms. The second-order valence-corrected chi connectivity index (χ2v) is 8.15. The normalized spacial score (nSPS) is 12.0. The molecule has 0 aliphatic rings. The fourth-order valence-electron chi connectivity index (χ4n) is 3.64. The number of pyridine rings is 1. The molecule has 2 aromatic carbocycles. The summed E-state index contributed by atoms with van der Waals surface area (Å²) in [5, 5.41) is 12.6. The Morgan fingerprint density at radius 2 is 1.87 bits per heavy atom. The largest absolute Gasteiger partial charge is 0.462 e. The molecule has 0 fully saturated rings. The summed E-state index contributed by atoms with van der Waals surface area (Å²) in [4.78, 5) is 33.8. The number of aliphatic hydroxyl groups is 1. The number of fused-ring (bicyclic) bond motifs is 1. The highest BCUT2D eigenvalue weighted by Gasteiger charge is 2.30. The molecule has 0 unspecified atom stereocenters. The molecule has 0 atom stereocenters. The van der Waals surface area contributed by atoms with E-state index >= 15 is 0 Å². The van der Waals surface area contributed by atoms with E-state index in [4.69, 9.17) is 9.15 Å². The van der Waals surface area contributed by atoms with Crippen LogP contribution in [0, 0.1) is 6.92 Å². The van der Waals surface area contributed by atoms with Crippen LogP contribution in [0.1, 0.15) is 44.5 Å². The van der Waals surface area contributed by atoms with Gasteiger partial charge in [-0.15, -0.1) is 0 Å². The first kappa shape index (κ1) is 26.6. The second kappa shape index (κ2) is 10.9. The minimum Gasteiger partial charge on any atom is -0.462 e. The number of carbonyl (C=O) groups is 2. The van der Waals surface area contributed by atoms with Gasteiger partial charge < -0.3 is 19.6 Å². The number of esters is 1. The number of hydrogen-bond acceptors (Lipinski definition) is 7. The highest BCUT2D eigenvalue weighted by molar-refractivity contribution is 6.05. The number of aryl methyl sites for hydroxylation is 1. The first-order valence-electron chi connectivity index (χ1n) is 11.4. The van der Waals surface area contributed by atoms with Crippen molar-refractivity contribution in [3.05, 3.63) is 94.3 Å². The summed E-state index contributed by atoms with van der Waals surface area (Å²) in [6, 6.07) is 11.7. The van der Waals surface area contributed by atoms with Gasteiger partial charge in [0.25, 0.3) is 5.91 Å². The zero-order chi connectivity index (χ0) is 27.4. The number of hydrogen-bond donors (Lipinski definition) is 2. The molecule has 2 heterocycles. The summed E-state index contributed by atoms with van der Waals surface area (Å²) >= 11 is 0. The van der Waals surface area contributed by atoms with Crippen molar-refractivity contribution >= 4 is 34.2 Å². The minimum atomic E-state index is -4.59. The molecule has 2 aromatic heterocycles. The van der Waals surface area contributed by atoms with Gasteiger partial charge in [-0.2, -0.15) is 13.2 Å². The van der Waals surface area contributed by atoms with Gasteiger partial charge in [0.05, 0.1) is 35.7 Å². The molecule has 0 aliphatic carbocycles. The van der Waals surface area contributed by atoms with E-state index in [1.807, 2.05) is 0 Å². The first-order valence-corrected chi connectivity index (χ1v) is 11.4. The number of amides is 1. The van der Waals surface area contributed by atoms with Crippen LogP contribution in [0.25, 0.3) is 11.0 Å². The van der Waals surface area contributed by atoms with Gasteiger partial charge in [0.15, 0.2) is 5.58 Å². The lowest BCUT2D eigenvalue weighted by molar-refractivity contribution is -0.137. The molecule has 0 radical (unpaired) electrons.